The number of thioether (sulfide) groups is 1. The standard InChI is InChI=1S/C22H28N6O4S/c1-11-6-12(2)8-14(7-11)18-24-19-17(21(30)28(5)22(31)27(19)4)20(25-18)33-10-16(29)23-15-9-13(3)32-26-15/h6-9,17-20,24-25H,10H2,1-5H3,(H,23,26,29). The summed E-state index contributed by atoms with van der Waals surface area (Å²) >= 11 is 1.33. The zero-order valence-electron chi connectivity index (χ0n) is 19.2. The number of anilines is 1. The molecule has 0 saturated carbocycles. The Morgan fingerprint density at radius 1 is 1.12 bits per heavy atom. The van der Waals surface area contributed by atoms with Crippen molar-refractivity contribution in [1.82, 2.24) is 25.6 Å². The van der Waals surface area contributed by atoms with Crippen LogP contribution in [0.15, 0.2) is 28.8 Å². The lowest BCUT2D eigenvalue weighted by atomic mass is 9.95. The van der Waals surface area contributed by atoms with Gasteiger partial charge in [-0.2, -0.15) is 0 Å². The van der Waals surface area contributed by atoms with Crippen LogP contribution in [0, 0.1) is 26.7 Å². The molecule has 2 saturated heterocycles. The molecule has 2 fully saturated rings. The van der Waals surface area contributed by atoms with Gasteiger partial charge in [0.1, 0.15) is 5.76 Å². The Bertz CT molecular complexity index is 1070. The largest absolute Gasteiger partial charge is 0.360 e. The molecule has 0 radical (unpaired) electrons. The quantitative estimate of drug-likeness (QED) is 0.604. The summed E-state index contributed by atoms with van der Waals surface area (Å²) in [5.74, 6) is -0.0592. The van der Waals surface area contributed by atoms with Crippen molar-refractivity contribution in [1.29, 1.82) is 0 Å². The van der Waals surface area contributed by atoms with Crippen LogP contribution in [-0.2, 0) is 9.59 Å². The van der Waals surface area contributed by atoms with Gasteiger partial charge in [0, 0.05) is 20.2 Å². The maximum absolute atomic E-state index is 13.1. The number of fused-ring (bicyclic) bond motifs is 1. The smallest absolute Gasteiger partial charge is 0.327 e. The Morgan fingerprint density at radius 3 is 2.45 bits per heavy atom. The van der Waals surface area contributed by atoms with E-state index >= 15 is 0 Å². The molecular weight excluding hydrogens is 444 g/mol. The SMILES string of the molecule is Cc1cc(C)cc(C2NC(SCC(=O)Nc3cc(C)on3)C3C(=O)N(C)C(=O)N(C)C3N2)c1. The molecule has 0 spiro atoms. The van der Waals surface area contributed by atoms with Crippen molar-refractivity contribution < 1.29 is 18.9 Å². The molecule has 2 aromatic rings. The van der Waals surface area contributed by atoms with E-state index < -0.39 is 17.5 Å². The zero-order valence-corrected chi connectivity index (χ0v) is 20.0. The molecule has 11 heteroatoms. The summed E-state index contributed by atoms with van der Waals surface area (Å²) in [6.45, 7) is 5.80. The van der Waals surface area contributed by atoms with E-state index in [0.29, 0.717) is 11.6 Å². The number of imide groups is 1. The van der Waals surface area contributed by atoms with Gasteiger partial charge in [0.2, 0.25) is 11.8 Å². The maximum Gasteiger partial charge on any atom is 0.327 e. The number of nitrogens with zero attached hydrogens (tertiary/aromatic N) is 3. The van der Waals surface area contributed by atoms with Gasteiger partial charge in [-0.25, -0.2) is 4.79 Å². The number of carbonyl (C=O) groups is 3. The lowest BCUT2D eigenvalue weighted by Gasteiger charge is -2.50. The first kappa shape index (κ1) is 23.3. The second kappa shape index (κ2) is 9.16. The van der Waals surface area contributed by atoms with Crippen molar-refractivity contribution in [2.75, 3.05) is 25.2 Å². The molecule has 3 N–H and O–H groups in total. The highest BCUT2D eigenvalue weighted by Crippen LogP contribution is 2.34. The third kappa shape index (κ3) is 4.75. The summed E-state index contributed by atoms with van der Waals surface area (Å²) in [5.41, 5.74) is 3.24. The number of aromatic nitrogens is 1. The number of hydrogen-bond donors (Lipinski definition) is 3. The van der Waals surface area contributed by atoms with Crippen molar-refractivity contribution in [3.8, 4) is 0 Å². The molecule has 33 heavy (non-hydrogen) atoms. The number of urea groups is 1. The van der Waals surface area contributed by atoms with Crippen LogP contribution in [0.1, 0.15) is 28.6 Å². The van der Waals surface area contributed by atoms with E-state index in [2.05, 4.69) is 39.3 Å². The molecule has 4 amide bonds. The summed E-state index contributed by atoms with van der Waals surface area (Å²) in [4.78, 5) is 40.9. The number of aryl methyl sites for hydroxylation is 3. The van der Waals surface area contributed by atoms with Gasteiger partial charge in [-0.15, -0.1) is 11.8 Å². The van der Waals surface area contributed by atoms with Gasteiger partial charge >= 0.3 is 6.03 Å². The van der Waals surface area contributed by atoms with Gasteiger partial charge in [-0.3, -0.25) is 25.1 Å². The zero-order chi connectivity index (χ0) is 23.9. The Kier molecular flexibility index (Phi) is 6.46. The number of hydrogen-bond acceptors (Lipinski definition) is 8. The van der Waals surface area contributed by atoms with E-state index in [0.717, 1.165) is 21.6 Å². The third-order valence-electron chi connectivity index (χ3n) is 5.82. The van der Waals surface area contributed by atoms with Gasteiger partial charge in [-0.1, -0.05) is 34.5 Å². The van der Waals surface area contributed by atoms with Crippen molar-refractivity contribution in [3.63, 3.8) is 0 Å². The topological polar surface area (TPSA) is 120 Å². The number of carbonyl (C=O) groups excluding carboxylic acids is 3. The molecule has 4 atom stereocenters. The van der Waals surface area contributed by atoms with Gasteiger partial charge in [0.05, 0.1) is 29.4 Å². The first-order valence-corrected chi connectivity index (χ1v) is 11.7. The van der Waals surface area contributed by atoms with Crippen LogP contribution in [-0.4, -0.2) is 64.2 Å². The second-order valence-corrected chi connectivity index (χ2v) is 9.68. The molecular formula is C22H28N6O4S. The van der Waals surface area contributed by atoms with E-state index in [4.69, 9.17) is 4.52 Å². The number of nitrogens with one attached hydrogen (secondary N) is 3. The van der Waals surface area contributed by atoms with Crippen LogP contribution in [0.4, 0.5) is 10.6 Å². The van der Waals surface area contributed by atoms with Crippen LogP contribution in [0.5, 0.6) is 0 Å². The maximum atomic E-state index is 13.1. The predicted molar refractivity (Wildman–Crippen MR) is 124 cm³/mol. The van der Waals surface area contributed by atoms with Crippen molar-refractivity contribution in [3.05, 3.63) is 46.7 Å². The minimum absolute atomic E-state index is 0.0982. The molecule has 10 nitrogen and oxygen atoms in total. The summed E-state index contributed by atoms with van der Waals surface area (Å²) in [6.07, 6.45) is -0.804. The fourth-order valence-electron chi connectivity index (χ4n) is 4.34. The lowest BCUT2D eigenvalue weighted by molar-refractivity contribution is -0.140. The van der Waals surface area contributed by atoms with Crippen molar-refractivity contribution >= 4 is 35.4 Å². The predicted octanol–water partition coefficient (Wildman–Crippen LogP) is 1.96. The number of rotatable bonds is 5. The highest BCUT2D eigenvalue weighted by atomic mass is 32.2. The molecule has 0 aliphatic carbocycles. The normalized spacial score (nSPS) is 25.2. The summed E-state index contributed by atoms with van der Waals surface area (Å²) in [7, 11) is 3.16. The first-order valence-electron chi connectivity index (χ1n) is 10.6. The highest BCUT2D eigenvalue weighted by Gasteiger charge is 2.51. The minimum atomic E-state index is -0.563. The third-order valence-corrected chi connectivity index (χ3v) is 7.04. The first-order chi connectivity index (χ1) is 15.6. The number of amides is 4. The van der Waals surface area contributed by atoms with E-state index in [-0.39, 0.29) is 29.8 Å². The minimum Gasteiger partial charge on any atom is -0.360 e. The van der Waals surface area contributed by atoms with Crippen LogP contribution >= 0.6 is 11.8 Å². The molecule has 0 bridgehead atoms. The van der Waals surface area contributed by atoms with Gasteiger partial charge < -0.3 is 14.7 Å². The van der Waals surface area contributed by atoms with E-state index in [9.17, 15) is 14.4 Å². The average molecular weight is 473 g/mol. The molecule has 1 aromatic heterocycles. The summed E-state index contributed by atoms with van der Waals surface area (Å²) in [5, 5.41) is 13.0. The highest BCUT2D eigenvalue weighted by molar-refractivity contribution is 8.00. The van der Waals surface area contributed by atoms with Crippen molar-refractivity contribution in [2.24, 2.45) is 5.92 Å². The molecule has 4 unspecified atom stereocenters. The second-order valence-electron chi connectivity index (χ2n) is 8.55. The monoisotopic (exact) mass is 472 g/mol. The van der Waals surface area contributed by atoms with E-state index in [1.54, 1.807) is 24.9 Å². The Morgan fingerprint density at radius 2 is 1.82 bits per heavy atom. The number of benzene rings is 1. The summed E-state index contributed by atoms with van der Waals surface area (Å²) in [6, 6.07) is 7.50. The van der Waals surface area contributed by atoms with Crippen LogP contribution in [0.25, 0.3) is 0 Å². The summed E-state index contributed by atoms with van der Waals surface area (Å²) < 4.78 is 4.98. The molecule has 2 aliphatic rings. The van der Waals surface area contributed by atoms with Crippen LogP contribution in [0.3, 0.4) is 0 Å². The Labute approximate surface area is 196 Å². The fraction of sp³-hybridized carbons (Fsp3) is 0.455. The fourth-order valence-corrected chi connectivity index (χ4v) is 5.45. The molecule has 3 heterocycles. The van der Waals surface area contributed by atoms with E-state index in [1.807, 2.05) is 13.8 Å². The molecule has 1 aromatic carbocycles. The van der Waals surface area contributed by atoms with Gasteiger partial charge in [0.25, 0.3) is 0 Å². The van der Waals surface area contributed by atoms with Gasteiger partial charge in [0.15, 0.2) is 5.82 Å². The molecule has 4 rings (SSSR count). The van der Waals surface area contributed by atoms with E-state index in [1.165, 1.54) is 18.8 Å². The van der Waals surface area contributed by atoms with Crippen molar-refractivity contribution in [2.45, 2.75) is 38.5 Å². The van der Waals surface area contributed by atoms with Crippen LogP contribution < -0.4 is 16.0 Å². The molecule has 2 aliphatic heterocycles. The molecule has 176 valence electrons. The Balaban J connectivity index is 1.56. The Hall–Kier alpha value is -2.89. The van der Waals surface area contributed by atoms with Crippen LogP contribution in [0.2, 0.25) is 0 Å². The lowest BCUT2D eigenvalue weighted by Crippen LogP contribution is -2.72. The average Bonchev–Trinajstić information content (AvgIpc) is 3.17. The van der Waals surface area contributed by atoms with Gasteiger partial charge in [-0.05, 0) is 26.3 Å².